The van der Waals surface area contributed by atoms with Gasteiger partial charge in [0.1, 0.15) is 11.9 Å². The van der Waals surface area contributed by atoms with Crippen molar-refractivity contribution in [1.29, 1.82) is 0 Å². The molecule has 8 heteroatoms. The normalized spacial score (nSPS) is 12.0. The van der Waals surface area contributed by atoms with E-state index in [0.717, 1.165) is 12.0 Å². The number of carbonyl (C=O) groups excluding carboxylic acids is 1. The molecule has 1 unspecified atom stereocenters. The van der Waals surface area contributed by atoms with E-state index in [1.807, 2.05) is 36.9 Å². The van der Waals surface area contributed by atoms with Crippen LogP contribution in [0.1, 0.15) is 36.3 Å². The number of carbonyl (C=O) groups is 1. The molecule has 32 heavy (non-hydrogen) atoms. The van der Waals surface area contributed by atoms with Crippen molar-refractivity contribution in [2.75, 3.05) is 13.7 Å². The molecule has 0 radical (unpaired) electrons. The van der Waals surface area contributed by atoms with Gasteiger partial charge < -0.3 is 19.4 Å². The Bertz CT molecular complexity index is 1090. The number of aryl methyl sites for hydroxylation is 1. The van der Waals surface area contributed by atoms with Gasteiger partial charge in [-0.15, -0.1) is 0 Å². The van der Waals surface area contributed by atoms with Crippen LogP contribution in [0.25, 0.3) is 6.08 Å². The van der Waals surface area contributed by atoms with Crippen molar-refractivity contribution in [2.24, 2.45) is 7.05 Å². The maximum Gasteiger partial charge on any atom is 0.244 e. The molecule has 0 aliphatic carbocycles. The standard InChI is InChI=1S/C24H25Cl2N3O3/c1-4-13-32-23-19(26)14-16(15-20(23)31-3)5-10-21(30)28-22(24-27-11-12-29(24)2)17-6-8-18(25)9-7-17/h5-12,14-15,22H,4,13H2,1-3H3,(H,28,30)/b10-5+. The quantitative estimate of drug-likeness (QED) is 0.420. The number of hydrogen-bond donors (Lipinski definition) is 1. The SMILES string of the molecule is CCCOc1c(Cl)cc(/C=C/C(=O)NC(c2ccc(Cl)cc2)c2nccn2C)cc1OC. The van der Waals surface area contributed by atoms with E-state index >= 15 is 0 Å². The largest absolute Gasteiger partial charge is 0.493 e. The average Bonchev–Trinajstić information content (AvgIpc) is 3.21. The van der Waals surface area contributed by atoms with Crippen LogP contribution in [0.3, 0.4) is 0 Å². The number of ether oxygens (including phenoxy) is 2. The third kappa shape index (κ3) is 5.84. The molecule has 168 valence electrons. The zero-order valence-corrected chi connectivity index (χ0v) is 19.7. The number of benzene rings is 2. The van der Waals surface area contributed by atoms with Gasteiger partial charge in [0.05, 0.1) is 18.7 Å². The number of rotatable bonds is 9. The van der Waals surface area contributed by atoms with Gasteiger partial charge in [0.2, 0.25) is 5.91 Å². The van der Waals surface area contributed by atoms with Crippen LogP contribution in [-0.4, -0.2) is 29.2 Å². The molecule has 0 saturated carbocycles. The lowest BCUT2D eigenvalue weighted by Crippen LogP contribution is -2.29. The number of halogens is 2. The zero-order chi connectivity index (χ0) is 23.1. The first-order valence-corrected chi connectivity index (χ1v) is 10.9. The molecular formula is C24H25Cl2N3O3. The third-order valence-corrected chi connectivity index (χ3v) is 5.27. The second-order valence-electron chi connectivity index (χ2n) is 7.11. The second kappa shape index (κ2) is 11.1. The molecule has 0 bridgehead atoms. The Labute approximate surface area is 197 Å². The van der Waals surface area contributed by atoms with E-state index in [2.05, 4.69) is 10.3 Å². The summed E-state index contributed by atoms with van der Waals surface area (Å²) in [4.78, 5) is 17.2. The number of methoxy groups -OCH3 is 1. The molecule has 0 aliphatic rings. The van der Waals surface area contributed by atoms with E-state index in [4.69, 9.17) is 32.7 Å². The van der Waals surface area contributed by atoms with Crippen molar-refractivity contribution in [1.82, 2.24) is 14.9 Å². The van der Waals surface area contributed by atoms with Gasteiger partial charge >= 0.3 is 0 Å². The van der Waals surface area contributed by atoms with E-state index in [1.165, 1.54) is 6.08 Å². The molecule has 0 fully saturated rings. The Hall–Kier alpha value is -2.96. The van der Waals surface area contributed by atoms with Crippen molar-refractivity contribution in [3.63, 3.8) is 0 Å². The molecule has 6 nitrogen and oxygen atoms in total. The highest BCUT2D eigenvalue weighted by molar-refractivity contribution is 6.32. The van der Waals surface area contributed by atoms with Crippen molar-refractivity contribution in [2.45, 2.75) is 19.4 Å². The fourth-order valence-corrected chi connectivity index (χ4v) is 3.55. The van der Waals surface area contributed by atoms with Crippen molar-refractivity contribution >= 4 is 35.2 Å². The van der Waals surface area contributed by atoms with Crippen molar-refractivity contribution < 1.29 is 14.3 Å². The number of nitrogens with zero attached hydrogens (tertiary/aromatic N) is 2. The Morgan fingerprint density at radius 1 is 1.25 bits per heavy atom. The zero-order valence-electron chi connectivity index (χ0n) is 18.1. The van der Waals surface area contributed by atoms with Crippen LogP contribution in [0.15, 0.2) is 54.9 Å². The molecule has 1 N–H and O–H groups in total. The van der Waals surface area contributed by atoms with Crippen LogP contribution in [0.5, 0.6) is 11.5 Å². The first kappa shape index (κ1) is 23.7. The fraction of sp³-hybridized carbons (Fsp3) is 0.250. The molecule has 1 atom stereocenters. The van der Waals surface area contributed by atoms with Gasteiger partial charge in [0.25, 0.3) is 0 Å². The number of amides is 1. The van der Waals surface area contributed by atoms with Gasteiger partial charge in [-0.1, -0.05) is 42.3 Å². The number of aromatic nitrogens is 2. The molecule has 0 saturated heterocycles. The van der Waals surface area contributed by atoms with E-state index in [0.29, 0.717) is 39.5 Å². The fourth-order valence-electron chi connectivity index (χ4n) is 3.15. The minimum absolute atomic E-state index is 0.283. The highest BCUT2D eigenvalue weighted by Crippen LogP contribution is 2.37. The molecule has 3 aromatic rings. The first-order chi connectivity index (χ1) is 15.4. The summed E-state index contributed by atoms with van der Waals surface area (Å²) in [7, 11) is 3.43. The smallest absolute Gasteiger partial charge is 0.244 e. The Morgan fingerprint density at radius 3 is 2.62 bits per heavy atom. The lowest BCUT2D eigenvalue weighted by atomic mass is 10.1. The van der Waals surface area contributed by atoms with Gasteiger partial charge in [-0.3, -0.25) is 4.79 Å². The first-order valence-electron chi connectivity index (χ1n) is 10.1. The van der Waals surface area contributed by atoms with Crippen LogP contribution in [0, 0.1) is 0 Å². The summed E-state index contributed by atoms with van der Waals surface area (Å²) >= 11 is 12.4. The molecule has 0 aliphatic heterocycles. The summed E-state index contributed by atoms with van der Waals surface area (Å²) in [5, 5.41) is 4.05. The third-order valence-electron chi connectivity index (χ3n) is 4.74. The van der Waals surface area contributed by atoms with Gasteiger partial charge in [-0.2, -0.15) is 0 Å². The summed E-state index contributed by atoms with van der Waals surface area (Å²) in [5.74, 6) is 1.43. The average molecular weight is 474 g/mol. The molecule has 1 amide bonds. The minimum Gasteiger partial charge on any atom is -0.493 e. The van der Waals surface area contributed by atoms with Gasteiger partial charge in [0, 0.05) is 30.5 Å². The highest BCUT2D eigenvalue weighted by Gasteiger charge is 2.20. The van der Waals surface area contributed by atoms with Crippen LogP contribution in [0.4, 0.5) is 0 Å². The van der Waals surface area contributed by atoms with Gasteiger partial charge in [0.15, 0.2) is 11.5 Å². The maximum absolute atomic E-state index is 12.8. The Kier molecular flexibility index (Phi) is 8.20. The number of hydrogen-bond acceptors (Lipinski definition) is 4. The molecular weight excluding hydrogens is 449 g/mol. The Morgan fingerprint density at radius 2 is 2.00 bits per heavy atom. The molecule has 1 heterocycles. The number of nitrogens with one attached hydrogen (secondary N) is 1. The number of imidazole rings is 1. The summed E-state index contributed by atoms with van der Waals surface area (Å²) in [6.07, 6.45) is 7.49. The molecule has 3 rings (SSSR count). The highest BCUT2D eigenvalue weighted by atomic mass is 35.5. The van der Waals surface area contributed by atoms with E-state index < -0.39 is 6.04 Å². The van der Waals surface area contributed by atoms with Crippen molar-refractivity contribution in [3.05, 3.63) is 81.9 Å². The molecule has 0 spiro atoms. The van der Waals surface area contributed by atoms with E-state index in [9.17, 15) is 4.79 Å². The lowest BCUT2D eigenvalue weighted by Gasteiger charge is -2.18. The van der Waals surface area contributed by atoms with Crippen LogP contribution in [-0.2, 0) is 11.8 Å². The second-order valence-corrected chi connectivity index (χ2v) is 7.95. The monoisotopic (exact) mass is 473 g/mol. The lowest BCUT2D eigenvalue weighted by molar-refractivity contribution is -0.117. The molecule has 1 aromatic heterocycles. The van der Waals surface area contributed by atoms with Gasteiger partial charge in [-0.05, 0) is 47.9 Å². The summed E-state index contributed by atoms with van der Waals surface area (Å²) in [6, 6.07) is 10.4. The molecule has 2 aromatic carbocycles. The van der Waals surface area contributed by atoms with E-state index in [-0.39, 0.29) is 5.91 Å². The topological polar surface area (TPSA) is 65.4 Å². The summed E-state index contributed by atoms with van der Waals surface area (Å²) < 4.78 is 12.9. The summed E-state index contributed by atoms with van der Waals surface area (Å²) in [5.41, 5.74) is 1.58. The van der Waals surface area contributed by atoms with E-state index in [1.54, 1.807) is 43.6 Å². The van der Waals surface area contributed by atoms with Crippen LogP contribution in [0.2, 0.25) is 10.0 Å². The van der Waals surface area contributed by atoms with Crippen LogP contribution >= 0.6 is 23.2 Å². The van der Waals surface area contributed by atoms with Crippen molar-refractivity contribution in [3.8, 4) is 11.5 Å². The predicted molar refractivity (Wildman–Crippen MR) is 127 cm³/mol. The minimum atomic E-state index is -0.438. The predicted octanol–water partition coefficient (Wildman–Crippen LogP) is 5.44. The van der Waals surface area contributed by atoms with Crippen LogP contribution < -0.4 is 14.8 Å². The van der Waals surface area contributed by atoms with Gasteiger partial charge in [-0.25, -0.2) is 4.98 Å². The Balaban J connectivity index is 1.81. The summed E-state index contributed by atoms with van der Waals surface area (Å²) in [6.45, 7) is 2.55. The maximum atomic E-state index is 12.8.